The molecule has 1 saturated carbocycles. The lowest BCUT2D eigenvalue weighted by atomic mass is 9.63. The van der Waals surface area contributed by atoms with Crippen LogP contribution in [0.15, 0.2) is 41.2 Å². The van der Waals surface area contributed by atoms with Crippen LogP contribution in [0.2, 0.25) is 10.0 Å². The summed E-state index contributed by atoms with van der Waals surface area (Å²) in [5, 5.41) is 15.6. The van der Waals surface area contributed by atoms with Gasteiger partial charge >= 0.3 is 5.97 Å². The highest BCUT2D eigenvalue weighted by atomic mass is 35.5. The minimum absolute atomic E-state index is 0.153. The summed E-state index contributed by atoms with van der Waals surface area (Å²) in [5.41, 5.74) is 5.01. The van der Waals surface area contributed by atoms with Crippen molar-refractivity contribution >= 4 is 61.4 Å². The van der Waals surface area contributed by atoms with E-state index < -0.39 is 5.97 Å². The Labute approximate surface area is 226 Å². The van der Waals surface area contributed by atoms with Crippen LogP contribution < -0.4 is 4.90 Å². The van der Waals surface area contributed by atoms with Crippen molar-refractivity contribution in [3.8, 4) is 11.3 Å². The summed E-state index contributed by atoms with van der Waals surface area (Å²) in [4.78, 5) is 22.5. The van der Waals surface area contributed by atoms with Gasteiger partial charge in [0.15, 0.2) is 5.13 Å². The highest BCUT2D eigenvalue weighted by Crippen LogP contribution is 2.56. The van der Waals surface area contributed by atoms with Crippen LogP contribution >= 0.6 is 34.5 Å². The molecule has 4 heterocycles. The smallest absolute Gasteiger partial charge is 0.335 e. The van der Waals surface area contributed by atoms with E-state index in [-0.39, 0.29) is 5.41 Å². The fourth-order valence-electron chi connectivity index (χ4n) is 5.57. The SMILES string of the molecule is O=C(O)c1ccc2nc(N3CCC4(C=C(c5c(-c6c(Cl)cncc6Cl)noc5C5CC5)C4)CC3)sc2c1. The number of hydrogen-bond acceptors (Lipinski definition) is 7. The molecule has 10 heteroatoms. The topological polar surface area (TPSA) is 92.3 Å². The van der Waals surface area contributed by atoms with Gasteiger partial charge in [-0.1, -0.05) is 45.8 Å². The Balaban J connectivity index is 1.14. The first-order valence-corrected chi connectivity index (χ1v) is 13.9. The molecule has 1 N–H and O–H groups in total. The molecule has 0 bridgehead atoms. The van der Waals surface area contributed by atoms with E-state index in [4.69, 9.17) is 32.7 Å². The molecule has 2 fully saturated rings. The van der Waals surface area contributed by atoms with Gasteiger partial charge in [-0.15, -0.1) is 0 Å². The number of thiazole rings is 1. The van der Waals surface area contributed by atoms with Gasteiger partial charge < -0.3 is 14.5 Å². The average molecular weight is 553 g/mol. The molecule has 1 spiro atoms. The zero-order valence-electron chi connectivity index (χ0n) is 19.7. The van der Waals surface area contributed by atoms with Crippen LogP contribution in [0.3, 0.4) is 0 Å². The van der Waals surface area contributed by atoms with Gasteiger partial charge in [0, 0.05) is 42.5 Å². The number of carbonyl (C=O) groups is 1. The van der Waals surface area contributed by atoms with Gasteiger partial charge in [-0.05, 0) is 61.3 Å². The summed E-state index contributed by atoms with van der Waals surface area (Å²) in [7, 11) is 0. The van der Waals surface area contributed by atoms with Gasteiger partial charge in [0.05, 0.1) is 25.8 Å². The van der Waals surface area contributed by atoms with Crippen molar-refractivity contribution in [1.82, 2.24) is 15.1 Å². The lowest BCUT2D eigenvalue weighted by Crippen LogP contribution is -2.42. The molecular formula is C27H22Cl2N4O3S. The number of allylic oxidation sites excluding steroid dienone is 2. The van der Waals surface area contributed by atoms with Crippen LogP contribution in [0, 0.1) is 5.41 Å². The minimum atomic E-state index is -0.918. The molecule has 0 unspecified atom stereocenters. The van der Waals surface area contributed by atoms with Gasteiger partial charge in [-0.2, -0.15) is 0 Å². The zero-order chi connectivity index (χ0) is 25.3. The number of aromatic nitrogens is 3. The second kappa shape index (κ2) is 8.55. The van der Waals surface area contributed by atoms with E-state index in [0.717, 1.165) is 71.9 Å². The van der Waals surface area contributed by atoms with Gasteiger partial charge in [0.25, 0.3) is 0 Å². The molecular weight excluding hydrogens is 531 g/mol. The van der Waals surface area contributed by atoms with Crippen molar-refractivity contribution in [2.75, 3.05) is 18.0 Å². The molecule has 7 nitrogen and oxygen atoms in total. The fraction of sp³-hybridized carbons (Fsp3) is 0.333. The Bertz CT molecular complexity index is 1580. The molecule has 0 radical (unpaired) electrons. The Hall–Kier alpha value is -2.94. The second-order valence-electron chi connectivity index (χ2n) is 10.2. The Morgan fingerprint density at radius 2 is 1.86 bits per heavy atom. The zero-order valence-corrected chi connectivity index (χ0v) is 22.0. The van der Waals surface area contributed by atoms with Gasteiger partial charge in [-0.3, -0.25) is 4.98 Å². The highest BCUT2D eigenvalue weighted by Gasteiger charge is 2.44. The monoisotopic (exact) mass is 552 g/mol. The number of anilines is 1. The number of benzene rings is 1. The predicted octanol–water partition coefficient (Wildman–Crippen LogP) is 7.30. The standard InChI is InChI=1S/C27H22Cl2N4O3S/c28-17-12-30-13-18(29)22(17)23-21(24(36-32-23)14-1-2-14)16-10-27(11-16)5-7-33(8-6-27)26-31-19-4-3-15(25(34)35)9-20(19)37-26/h3-4,9-10,12-14H,1-2,5-8,11H2,(H,34,35). The molecule has 1 saturated heterocycles. The molecule has 1 aromatic carbocycles. The van der Waals surface area contributed by atoms with E-state index in [1.807, 2.05) is 0 Å². The average Bonchev–Trinajstić information content (AvgIpc) is 3.48. The lowest BCUT2D eigenvalue weighted by Gasteiger charge is -2.46. The number of hydrogen-bond donors (Lipinski definition) is 1. The maximum absolute atomic E-state index is 11.3. The van der Waals surface area contributed by atoms with E-state index in [0.29, 0.717) is 32.8 Å². The molecule has 0 amide bonds. The van der Waals surface area contributed by atoms with Crippen LogP contribution in [0.1, 0.15) is 59.7 Å². The van der Waals surface area contributed by atoms with Crippen LogP contribution in [-0.4, -0.2) is 39.3 Å². The molecule has 188 valence electrons. The second-order valence-corrected chi connectivity index (χ2v) is 12.0. The molecule has 4 aromatic rings. The van der Waals surface area contributed by atoms with Crippen LogP contribution in [-0.2, 0) is 0 Å². The minimum Gasteiger partial charge on any atom is -0.478 e. The third kappa shape index (κ3) is 3.93. The number of halogens is 2. The van der Waals surface area contributed by atoms with Crippen LogP contribution in [0.5, 0.6) is 0 Å². The summed E-state index contributed by atoms with van der Waals surface area (Å²) in [6, 6.07) is 5.11. The number of fused-ring (bicyclic) bond motifs is 1. The molecule has 3 aromatic heterocycles. The van der Waals surface area contributed by atoms with Crippen molar-refractivity contribution in [1.29, 1.82) is 0 Å². The number of piperidine rings is 1. The molecule has 0 atom stereocenters. The normalized spacial score (nSPS) is 18.8. The highest BCUT2D eigenvalue weighted by molar-refractivity contribution is 7.22. The number of nitrogens with zero attached hydrogens (tertiary/aromatic N) is 4. The van der Waals surface area contributed by atoms with E-state index in [2.05, 4.69) is 21.1 Å². The van der Waals surface area contributed by atoms with Crippen molar-refractivity contribution in [3.63, 3.8) is 0 Å². The van der Waals surface area contributed by atoms with Gasteiger partial charge in [0.1, 0.15) is 11.5 Å². The first kappa shape index (κ1) is 23.2. The molecule has 2 aliphatic carbocycles. The molecule has 7 rings (SSSR count). The quantitative estimate of drug-likeness (QED) is 0.277. The Morgan fingerprint density at radius 1 is 1.14 bits per heavy atom. The van der Waals surface area contributed by atoms with E-state index >= 15 is 0 Å². The van der Waals surface area contributed by atoms with Crippen LogP contribution in [0.4, 0.5) is 5.13 Å². The van der Waals surface area contributed by atoms with Crippen molar-refractivity contribution in [2.45, 2.75) is 38.0 Å². The summed E-state index contributed by atoms with van der Waals surface area (Å²) in [5.74, 6) is 0.446. The molecule has 3 aliphatic rings. The maximum Gasteiger partial charge on any atom is 0.335 e. The van der Waals surface area contributed by atoms with Crippen molar-refractivity contribution < 1.29 is 14.4 Å². The van der Waals surface area contributed by atoms with E-state index in [1.54, 1.807) is 41.9 Å². The van der Waals surface area contributed by atoms with Crippen molar-refractivity contribution in [2.24, 2.45) is 5.41 Å². The summed E-state index contributed by atoms with van der Waals surface area (Å²) >= 11 is 14.5. The largest absolute Gasteiger partial charge is 0.478 e. The first-order valence-electron chi connectivity index (χ1n) is 12.3. The van der Waals surface area contributed by atoms with E-state index in [1.165, 1.54) is 5.57 Å². The van der Waals surface area contributed by atoms with Crippen molar-refractivity contribution in [3.05, 3.63) is 63.6 Å². The van der Waals surface area contributed by atoms with Gasteiger partial charge in [-0.25, -0.2) is 9.78 Å². The first-order chi connectivity index (χ1) is 17.9. The number of carboxylic acids is 1. The molecule has 37 heavy (non-hydrogen) atoms. The maximum atomic E-state index is 11.3. The summed E-state index contributed by atoms with van der Waals surface area (Å²) in [6.45, 7) is 1.81. The van der Waals surface area contributed by atoms with Crippen LogP contribution in [0.25, 0.3) is 27.0 Å². The van der Waals surface area contributed by atoms with Gasteiger partial charge in [0.2, 0.25) is 0 Å². The third-order valence-electron chi connectivity index (χ3n) is 7.75. The number of aromatic carboxylic acids is 1. The molecule has 1 aliphatic heterocycles. The Kier molecular flexibility index (Phi) is 5.36. The Morgan fingerprint density at radius 3 is 2.54 bits per heavy atom. The number of pyridine rings is 1. The number of rotatable bonds is 5. The summed E-state index contributed by atoms with van der Waals surface area (Å²) in [6.07, 6.45) is 10.9. The van der Waals surface area contributed by atoms with E-state index in [9.17, 15) is 9.90 Å². The number of carboxylic acid groups (broad SMARTS) is 1. The summed E-state index contributed by atoms with van der Waals surface area (Å²) < 4.78 is 6.77. The third-order valence-corrected chi connectivity index (χ3v) is 9.41. The fourth-order valence-corrected chi connectivity index (χ4v) is 7.17. The predicted molar refractivity (Wildman–Crippen MR) is 145 cm³/mol. The lowest BCUT2D eigenvalue weighted by molar-refractivity contribution is 0.0697.